The summed E-state index contributed by atoms with van der Waals surface area (Å²) in [5.41, 5.74) is 0.990. The maximum atomic E-state index is 6.16. The van der Waals surface area contributed by atoms with E-state index in [4.69, 9.17) is 32.7 Å². The first-order chi connectivity index (χ1) is 8.72. The Bertz CT molecular complexity index is 583. The average Bonchev–Trinajstić information content (AvgIpc) is 2.75. The molecular weight excluding hydrogens is 275 g/mol. The molecule has 18 heavy (non-hydrogen) atoms. The van der Waals surface area contributed by atoms with Crippen molar-refractivity contribution in [3.63, 3.8) is 0 Å². The lowest BCUT2D eigenvalue weighted by molar-refractivity contribution is 0.171. The third-order valence-electron chi connectivity index (χ3n) is 2.60. The minimum atomic E-state index is 0.529. The molecule has 94 valence electrons. The molecule has 0 spiro atoms. The van der Waals surface area contributed by atoms with Crippen LogP contribution >= 0.6 is 23.2 Å². The van der Waals surface area contributed by atoms with E-state index in [1.54, 1.807) is 17.1 Å². The normalized spacial score (nSPS) is 13.7. The van der Waals surface area contributed by atoms with Gasteiger partial charge in [0.25, 0.3) is 0 Å². The summed E-state index contributed by atoms with van der Waals surface area (Å²) in [5.74, 6) is 1.30. The van der Waals surface area contributed by atoms with Gasteiger partial charge < -0.3 is 9.47 Å². The van der Waals surface area contributed by atoms with Gasteiger partial charge in [0.1, 0.15) is 13.2 Å². The van der Waals surface area contributed by atoms with Crippen molar-refractivity contribution in [2.75, 3.05) is 13.2 Å². The third-order valence-corrected chi connectivity index (χ3v) is 3.08. The fraction of sp³-hybridized carbons (Fsp3) is 0.250. The van der Waals surface area contributed by atoms with Crippen LogP contribution in [0.15, 0.2) is 24.5 Å². The molecule has 0 radical (unpaired) electrons. The van der Waals surface area contributed by atoms with E-state index < -0.39 is 0 Å². The van der Waals surface area contributed by atoms with Gasteiger partial charge in [0.15, 0.2) is 11.5 Å². The maximum Gasteiger partial charge on any atom is 0.179 e. The lowest BCUT2D eigenvalue weighted by Crippen LogP contribution is -2.16. The Balaban J connectivity index is 1.91. The van der Waals surface area contributed by atoms with Crippen LogP contribution in [0.3, 0.4) is 0 Å². The summed E-state index contributed by atoms with van der Waals surface area (Å²) in [7, 11) is 0. The van der Waals surface area contributed by atoms with E-state index >= 15 is 0 Å². The molecule has 0 aliphatic carbocycles. The van der Waals surface area contributed by atoms with Crippen LogP contribution in [0.2, 0.25) is 10.0 Å². The summed E-state index contributed by atoms with van der Waals surface area (Å²) in [5, 5.41) is 5.29. The molecule has 0 unspecified atom stereocenters. The Labute approximate surface area is 114 Å². The van der Waals surface area contributed by atoms with Crippen LogP contribution in [0, 0.1) is 0 Å². The topological polar surface area (TPSA) is 36.3 Å². The second-order valence-corrected chi connectivity index (χ2v) is 4.80. The number of halogens is 2. The summed E-state index contributed by atoms with van der Waals surface area (Å²) in [4.78, 5) is 0. The minimum Gasteiger partial charge on any atom is -0.486 e. The molecule has 0 saturated carbocycles. The first kappa shape index (κ1) is 11.7. The number of hydrogen-bond donors (Lipinski definition) is 0. The molecule has 1 aromatic carbocycles. The third kappa shape index (κ3) is 2.26. The van der Waals surface area contributed by atoms with Crippen molar-refractivity contribution in [2.24, 2.45) is 0 Å². The zero-order valence-electron chi connectivity index (χ0n) is 9.40. The Hall–Kier alpha value is -1.39. The van der Waals surface area contributed by atoms with Gasteiger partial charge in [-0.3, -0.25) is 4.68 Å². The largest absolute Gasteiger partial charge is 0.486 e. The highest BCUT2D eigenvalue weighted by Gasteiger charge is 2.16. The van der Waals surface area contributed by atoms with Gasteiger partial charge in [0.05, 0.1) is 22.8 Å². The zero-order chi connectivity index (χ0) is 12.5. The van der Waals surface area contributed by atoms with Gasteiger partial charge in [-0.2, -0.15) is 5.10 Å². The van der Waals surface area contributed by atoms with Gasteiger partial charge in [0.2, 0.25) is 0 Å². The second-order valence-electron chi connectivity index (χ2n) is 3.96. The molecule has 0 N–H and O–H groups in total. The molecule has 3 rings (SSSR count). The molecule has 1 aliphatic heterocycles. The van der Waals surface area contributed by atoms with E-state index in [2.05, 4.69) is 5.10 Å². The van der Waals surface area contributed by atoms with Crippen molar-refractivity contribution in [1.82, 2.24) is 9.78 Å². The predicted molar refractivity (Wildman–Crippen MR) is 68.8 cm³/mol. The molecule has 1 aliphatic rings. The SMILES string of the molecule is Clc1cnn(Cc2cc(Cl)c3c(c2)OCCO3)c1. The van der Waals surface area contributed by atoms with E-state index in [-0.39, 0.29) is 0 Å². The summed E-state index contributed by atoms with van der Waals surface area (Å²) >= 11 is 12.0. The maximum absolute atomic E-state index is 6.16. The molecule has 0 saturated heterocycles. The van der Waals surface area contributed by atoms with Crippen LogP contribution in [0.5, 0.6) is 11.5 Å². The first-order valence-corrected chi connectivity index (χ1v) is 6.24. The number of hydrogen-bond acceptors (Lipinski definition) is 3. The number of aromatic nitrogens is 2. The fourth-order valence-electron chi connectivity index (χ4n) is 1.87. The van der Waals surface area contributed by atoms with E-state index in [0.29, 0.717) is 41.3 Å². The fourth-order valence-corrected chi connectivity index (χ4v) is 2.31. The van der Waals surface area contributed by atoms with Gasteiger partial charge in [-0.15, -0.1) is 0 Å². The summed E-state index contributed by atoms with van der Waals surface area (Å²) in [6, 6.07) is 3.76. The zero-order valence-corrected chi connectivity index (χ0v) is 10.9. The highest BCUT2D eigenvalue weighted by molar-refractivity contribution is 6.32. The van der Waals surface area contributed by atoms with Crippen molar-refractivity contribution in [3.8, 4) is 11.5 Å². The standard InChI is InChI=1S/C12H10Cl2N2O2/c13-9-5-15-16(7-9)6-8-3-10(14)12-11(4-8)17-1-2-18-12/h3-5,7H,1-2,6H2. The Kier molecular flexibility index (Phi) is 3.06. The summed E-state index contributed by atoms with van der Waals surface area (Å²) in [6.07, 6.45) is 3.35. The average molecular weight is 285 g/mol. The Morgan fingerprint density at radius 3 is 2.83 bits per heavy atom. The van der Waals surface area contributed by atoms with E-state index in [1.807, 2.05) is 12.1 Å². The van der Waals surface area contributed by atoms with Crippen molar-refractivity contribution < 1.29 is 9.47 Å². The van der Waals surface area contributed by atoms with Crippen LogP contribution in [0.1, 0.15) is 5.56 Å². The molecule has 2 aromatic rings. The number of benzene rings is 1. The van der Waals surface area contributed by atoms with Gasteiger partial charge in [0, 0.05) is 6.20 Å². The molecule has 0 fully saturated rings. The van der Waals surface area contributed by atoms with Crippen LogP contribution in [0.25, 0.3) is 0 Å². The molecule has 0 amide bonds. The summed E-state index contributed by atoms with van der Waals surface area (Å²) < 4.78 is 12.7. The Morgan fingerprint density at radius 2 is 2.06 bits per heavy atom. The van der Waals surface area contributed by atoms with Gasteiger partial charge in [-0.1, -0.05) is 23.2 Å². The lowest BCUT2D eigenvalue weighted by Gasteiger charge is -2.20. The quantitative estimate of drug-likeness (QED) is 0.851. The molecule has 4 nitrogen and oxygen atoms in total. The van der Waals surface area contributed by atoms with Gasteiger partial charge >= 0.3 is 0 Å². The number of fused-ring (bicyclic) bond motifs is 1. The first-order valence-electron chi connectivity index (χ1n) is 5.48. The van der Waals surface area contributed by atoms with E-state index in [0.717, 1.165) is 5.56 Å². The molecular formula is C12H10Cl2N2O2. The predicted octanol–water partition coefficient (Wildman–Crippen LogP) is 3.01. The summed E-state index contributed by atoms with van der Waals surface area (Å²) in [6.45, 7) is 1.66. The Morgan fingerprint density at radius 1 is 1.22 bits per heavy atom. The van der Waals surface area contributed by atoms with Crippen LogP contribution < -0.4 is 9.47 Å². The smallest absolute Gasteiger partial charge is 0.179 e. The van der Waals surface area contributed by atoms with Crippen LogP contribution in [-0.2, 0) is 6.54 Å². The number of rotatable bonds is 2. The monoisotopic (exact) mass is 284 g/mol. The number of ether oxygens (including phenoxy) is 2. The van der Waals surface area contributed by atoms with Gasteiger partial charge in [-0.25, -0.2) is 0 Å². The van der Waals surface area contributed by atoms with Crippen LogP contribution in [0.4, 0.5) is 0 Å². The molecule has 1 aromatic heterocycles. The molecule has 0 bridgehead atoms. The molecule has 0 atom stereocenters. The van der Waals surface area contributed by atoms with Crippen molar-refractivity contribution in [2.45, 2.75) is 6.54 Å². The van der Waals surface area contributed by atoms with Crippen molar-refractivity contribution in [3.05, 3.63) is 40.1 Å². The molecule has 6 heteroatoms. The second kappa shape index (κ2) is 4.71. The van der Waals surface area contributed by atoms with Crippen molar-refractivity contribution >= 4 is 23.2 Å². The van der Waals surface area contributed by atoms with E-state index in [1.165, 1.54) is 0 Å². The van der Waals surface area contributed by atoms with Crippen LogP contribution in [-0.4, -0.2) is 23.0 Å². The van der Waals surface area contributed by atoms with Crippen molar-refractivity contribution in [1.29, 1.82) is 0 Å². The highest BCUT2D eigenvalue weighted by Crippen LogP contribution is 2.38. The highest BCUT2D eigenvalue weighted by atomic mass is 35.5. The van der Waals surface area contributed by atoms with Gasteiger partial charge in [-0.05, 0) is 17.7 Å². The number of nitrogens with zero attached hydrogens (tertiary/aromatic N) is 2. The molecule has 2 heterocycles. The minimum absolute atomic E-state index is 0.529. The van der Waals surface area contributed by atoms with E-state index in [9.17, 15) is 0 Å². The lowest BCUT2D eigenvalue weighted by atomic mass is 10.2.